The molecule has 0 spiro atoms. The van der Waals surface area contributed by atoms with Gasteiger partial charge in [-0.15, -0.1) is 0 Å². The van der Waals surface area contributed by atoms with Crippen molar-refractivity contribution in [3.63, 3.8) is 0 Å². The van der Waals surface area contributed by atoms with Gasteiger partial charge in [-0.2, -0.15) is 18.4 Å². The maximum Gasteiger partial charge on any atom is 0.417 e. The fraction of sp³-hybridized carbons (Fsp3) is 0.286. The Bertz CT molecular complexity index is 311. The van der Waals surface area contributed by atoms with E-state index in [1.165, 1.54) is 6.07 Å². The Kier molecular flexibility index (Phi) is 2.40. The Hall–Kier alpha value is -1.32. The van der Waals surface area contributed by atoms with Crippen molar-refractivity contribution >= 4 is 0 Å². The quantitative estimate of drug-likeness (QED) is 0.558. The van der Waals surface area contributed by atoms with Crippen LogP contribution in [0.4, 0.5) is 13.2 Å². The number of halogens is 3. The number of hydrogen-bond acceptors (Lipinski definition) is 2. The predicted octanol–water partition coefficient (Wildman–Crippen LogP) is 0.279. The van der Waals surface area contributed by atoms with E-state index in [-0.39, 0.29) is 0 Å². The molecule has 0 radical (unpaired) electrons. The standard InChI is InChI=1S/C7H5F3N2O/c8-7(9,10)6-1-2-12(13)4-5(6)3-11/h1-2,12H,4H2. The molecule has 0 saturated heterocycles. The monoisotopic (exact) mass is 190 g/mol. The van der Waals surface area contributed by atoms with Gasteiger partial charge in [0.2, 0.25) is 0 Å². The third-order valence-electron chi connectivity index (χ3n) is 1.55. The molecule has 70 valence electrons. The first-order valence-electron chi connectivity index (χ1n) is 3.36. The molecule has 6 heteroatoms. The minimum atomic E-state index is -4.55. The van der Waals surface area contributed by atoms with Gasteiger partial charge in [-0.1, -0.05) is 0 Å². The third kappa shape index (κ3) is 2.08. The zero-order chi connectivity index (χ0) is 10.1. The molecule has 0 aromatic carbocycles. The van der Waals surface area contributed by atoms with Gasteiger partial charge >= 0.3 is 6.18 Å². The van der Waals surface area contributed by atoms with E-state index in [2.05, 4.69) is 0 Å². The van der Waals surface area contributed by atoms with Gasteiger partial charge in [-0.05, 0) is 0 Å². The Labute approximate surface area is 71.9 Å². The van der Waals surface area contributed by atoms with Crippen molar-refractivity contribution in [3.8, 4) is 6.07 Å². The van der Waals surface area contributed by atoms with E-state index in [1.807, 2.05) is 0 Å². The first-order chi connectivity index (χ1) is 5.95. The number of nitrogens with zero attached hydrogens (tertiary/aromatic N) is 1. The molecule has 0 aromatic rings. The molecule has 1 N–H and O–H groups in total. The molecule has 0 aromatic heterocycles. The lowest BCUT2D eigenvalue weighted by Gasteiger charge is -2.22. The van der Waals surface area contributed by atoms with E-state index in [0.29, 0.717) is 6.08 Å². The van der Waals surface area contributed by atoms with Crippen LogP contribution < -0.4 is 5.06 Å². The van der Waals surface area contributed by atoms with Crippen molar-refractivity contribution in [2.45, 2.75) is 6.18 Å². The largest absolute Gasteiger partial charge is 0.629 e. The molecule has 3 nitrogen and oxygen atoms in total. The van der Waals surface area contributed by atoms with Crippen LogP contribution in [0.2, 0.25) is 0 Å². The van der Waals surface area contributed by atoms with Crippen LogP contribution >= 0.6 is 0 Å². The first-order valence-corrected chi connectivity index (χ1v) is 3.36. The topological polar surface area (TPSA) is 51.3 Å². The van der Waals surface area contributed by atoms with Crippen LogP contribution in [0, 0.1) is 16.5 Å². The van der Waals surface area contributed by atoms with E-state index in [9.17, 15) is 18.4 Å². The van der Waals surface area contributed by atoms with Gasteiger partial charge in [0, 0.05) is 6.08 Å². The second-order valence-electron chi connectivity index (χ2n) is 2.48. The molecule has 1 aliphatic rings. The molecular weight excluding hydrogens is 185 g/mol. The van der Waals surface area contributed by atoms with E-state index >= 15 is 0 Å². The molecular formula is C7H5F3N2O. The summed E-state index contributed by atoms with van der Waals surface area (Å²) in [6, 6.07) is 1.38. The number of hydrogen-bond donors (Lipinski definition) is 1. The Morgan fingerprint density at radius 2 is 2.15 bits per heavy atom. The van der Waals surface area contributed by atoms with Crippen LogP contribution in [0.5, 0.6) is 0 Å². The number of alkyl halides is 3. The highest BCUT2D eigenvalue weighted by Gasteiger charge is 2.36. The minimum absolute atomic E-state index is 0.457. The van der Waals surface area contributed by atoms with Crippen LogP contribution in [-0.4, -0.2) is 12.7 Å². The lowest BCUT2D eigenvalue weighted by atomic mass is 10.1. The predicted molar refractivity (Wildman–Crippen MR) is 37.0 cm³/mol. The maximum absolute atomic E-state index is 12.1. The Balaban J connectivity index is 3.08. The zero-order valence-electron chi connectivity index (χ0n) is 6.35. The summed E-state index contributed by atoms with van der Waals surface area (Å²) in [6.45, 7) is -0.457. The molecule has 1 atom stereocenters. The molecule has 13 heavy (non-hydrogen) atoms. The number of quaternary nitrogens is 1. The lowest BCUT2D eigenvalue weighted by molar-refractivity contribution is -0.786. The van der Waals surface area contributed by atoms with Crippen molar-refractivity contribution in [1.82, 2.24) is 0 Å². The summed E-state index contributed by atoms with van der Waals surface area (Å²) < 4.78 is 36.4. The van der Waals surface area contributed by atoms with Gasteiger partial charge in [0.1, 0.15) is 12.6 Å². The summed E-state index contributed by atoms with van der Waals surface area (Å²) in [5.74, 6) is 0. The van der Waals surface area contributed by atoms with Crippen molar-refractivity contribution in [3.05, 3.63) is 28.6 Å². The number of hydroxylamine groups is 2. The summed E-state index contributed by atoms with van der Waals surface area (Å²) in [6.07, 6.45) is -3.07. The second kappa shape index (κ2) is 3.20. The van der Waals surface area contributed by atoms with E-state index in [1.54, 1.807) is 0 Å². The highest BCUT2D eigenvalue weighted by molar-refractivity contribution is 5.39. The highest BCUT2D eigenvalue weighted by atomic mass is 19.4. The van der Waals surface area contributed by atoms with Crippen molar-refractivity contribution in [2.75, 3.05) is 6.54 Å². The van der Waals surface area contributed by atoms with Crippen LogP contribution in [-0.2, 0) is 0 Å². The molecule has 1 aliphatic heterocycles. The van der Waals surface area contributed by atoms with Gasteiger partial charge in [0.05, 0.1) is 17.3 Å². The summed E-state index contributed by atoms with van der Waals surface area (Å²) in [5, 5.41) is 18.5. The van der Waals surface area contributed by atoms with Gasteiger partial charge in [-0.3, -0.25) is 0 Å². The number of allylic oxidation sites excluding steroid dienone is 2. The average molecular weight is 190 g/mol. The summed E-state index contributed by atoms with van der Waals surface area (Å²) in [7, 11) is 0. The minimum Gasteiger partial charge on any atom is -0.629 e. The van der Waals surface area contributed by atoms with Gasteiger partial charge in [-0.25, -0.2) is 0 Å². The fourth-order valence-electron chi connectivity index (χ4n) is 0.971. The summed E-state index contributed by atoms with van der Waals surface area (Å²) >= 11 is 0. The second-order valence-corrected chi connectivity index (χ2v) is 2.48. The molecule has 0 amide bonds. The van der Waals surface area contributed by atoms with Gasteiger partial charge in [0.15, 0.2) is 0 Å². The van der Waals surface area contributed by atoms with Crippen LogP contribution in [0.3, 0.4) is 0 Å². The summed E-state index contributed by atoms with van der Waals surface area (Å²) in [4.78, 5) is 0. The third-order valence-corrected chi connectivity index (χ3v) is 1.55. The van der Waals surface area contributed by atoms with Gasteiger partial charge < -0.3 is 10.3 Å². The molecule has 1 heterocycles. The number of rotatable bonds is 0. The lowest BCUT2D eigenvalue weighted by Crippen LogP contribution is -3.03. The van der Waals surface area contributed by atoms with Gasteiger partial charge in [0.25, 0.3) is 0 Å². The molecule has 0 fully saturated rings. The van der Waals surface area contributed by atoms with E-state index in [4.69, 9.17) is 5.26 Å². The molecule has 0 aliphatic carbocycles. The van der Waals surface area contributed by atoms with Crippen molar-refractivity contribution in [1.29, 1.82) is 5.26 Å². The molecule has 1 rings (SSSR count). The Morgan fingerprint density at radius 1 is 1.54 bits per heavy atom. The Morgan fingerprint density at radius 3 is 2.62 bits per heavy atom. The van der Waals surface area contributed by atoms with Crippen LogP contribution in [0.15, 0.2) is 23.4 Å². The zero-order valence-corrected chi connectivity index (χ0v) is 6.35. The average Bonchev–Trinajstić information content (AvgIpc) is 2.01. The SMILES string of the molecule is N#CC1=C(C(F)(F)F)C=C[NH+]([O-])C1. The number of nitrogens with one attached hydrogen (secondary N) is 1. The number of nitriles is 1. The molecule has 0 saturated carbocycles. The van der Waals surface area contributed by atoms with Crippen LogP contribution in [0.25, 0.3) is 0 Å². The smallest absolute Gasteiger partial charge is 0.417 e. The first kappa shape index (κ1) is 9.77. The van der Waals surface area contributed by atoms with E-state index < -0.39 is 28.9 Å². The highest BCUT2D eigenvalue weighted by Crippen LogP contribution is 2.29. The van der Waals surface area contributed by atoms with Crippen molar-refractivity contribution < 1.29 is 18.2 Å². The van der Waals surface area contributed by atoms with Crippen molar-refractivity contribution in [2.24, 2.45) is 0 Å². The summed E-state index contributed by atoms with van der Waals surface area (Å²) in [5.41, 5.74) is -1.53. The van der Waals surface area contributed by atoms with Crippen LogP contribution in [0.1, 0.15) is 0 Å². The fourth-order valence-corrected chi connectivity index (χ4v) is 0.971. The molecule has 1 unspecified atom stereocenters. The maximum atomic E-state index is 12.1. The normalized spacial score (nSPS) is 23.2. The van der Waals surface area contributed by atoms with E-state index in [0.717, 1.165) is 6.20 Å². The molecule has 0 bridgehead atoms.